The zero-order chi connectivity index (χ0) is 16.7. The molecule has 0 amide bonds. The number of nitrogens with zero attached hydrogens (tertiary/aromatic N) is 1. The van der Waals surface area contributed by atoms with Gasteiger partial charge >= 0.3 is 0 Å². The highest BCUT2D eigenvalue weighted by Crippen LogP contribution is 2.30. The van der Waals surface area contributed by atoms with Gasteiger partial charge in [0, 0.05) is 11.6 Å². The molecule has 0 aromatic heterocycles. The van der Waals surface area contributed by atoms with Crippen LogP contribution in [0.25, 0.3) is 0 Å². The van der Waals surface area contributed by atoms with Crippen LogP contribution in [0.15, 0.2) is 36.4 Å². The van der Waals surface area contributed by atoms with Crippen molar-refractivity contribution < 1.29 is 14.2 Å². The van der Waals surface area contributed by atoms with Gasteiger partial charge in [0.05, 0.1) is 25.3 Å². The molecule has 4 nitrogen and oxygen atoms in total. The van der Waals surface area contributed by atoms with Crippen LogP contribution in [0.2, 0.25) is 0 Å². The summed E-state index contributed by atoms with van der Waals surface area (Å²) in [4.78, 5) is 0. The van der Waals surface area contributed by atoms with Gasteiger partial charge in [-0.05, 0) is 49.2 Å². The average Bonchev–Trinajstić information content (AvgIpc) is 2.59. The zero-order valence-electron chi connectivity index (χ0n) is 13.8. The van der Waals surface area contributed by atoms with Crippen LogP contribution in [0.1, 0.15) is 30.0 Å². The standard InChI is InChI=1S/C19H21NO3/c1-4-9-22-18-11-19(21-3)16(10-14(18)2)13-23-17-7-5-15(12-20)6-8-17/h5-8,10-11H,4,9,13H2,1-3H3. The molecule has 0 unspecified atom stereocenters. The second-order valence-electron chi connectivity index (χ2n) is 5.20. The maximum atomic E-state index is 8.80. The second kappa shape index (κ2) is 8.09. The molecule has 23 heavy (non-hydrogen) atoms. The molecule has 0 fully saturated rings. The van der Waals surface area contributed by atoms with Gasteiger partial charge in [0.15, 0.2) is 0 Å². The van der Waals surface area contributed by atoms with E-state index < -0.39 is 0 Å². The van der Waals surface area contributed by atoms with Crippen molar-refractivity contribution in [1.82, 2.24) is 0 Å². The van der Waals surface area contributed by atoms with Crippen LogP contribution >= 0.6 is 0 Å². The molecule has 120 valence electrons. The smallest absolute Gasteiger partial charge is 0.129 e. The summed E-state index contributed by atoms with van der Waals surface area (Å²) in [6.07, 6.45) is 0.964. The number of aryl methyl sites for hydroxylation is 1. The lowest BCUT2D eigenvalue weighted by Gasteiger charge is -2.15. The molecule has 0 heterocycles. The third kappa shape index (κ3) is 4.40. The first-order valence-corrected chi connectivity index (χ1v) is 7.61. The monoisotopic (exact) mass is 311 g/mol. The molecular weight excluding hydrogens is 290 g/mol. The van der Waals surface area contributed by atoms with Crippen LogP contribution in [0.5, 0.6) is 17.2 Å². The molecule has 4 heteroatoms. The maximum Gasteiger partial charge on any atom is 0.129 e. The highest BCUT2D eigenvalue weighted by Gasteiger charge is 2.10. The molecule has 0 saturated heterocycles. The SMILES string of the molecule is CCCOc1cc(OC)c(COc2ccc(C#N)cc2)cc1C. The molecule has 0 atom stereocenters. The maximum absolute atomic E-state index is 8.80. The van der Waals surface area contributed by atoms with Crippen LogP contribution in [0, 0.1) is 18.3 Å². The Morgan fingerprint density at radius 1 is 1.04 bits per heavy atom. The summed E-state index contributed by atoms with van der Waals surface area (Å²) in [6, 6.07) is 13.1. The summed E-state index contributed by atoms with van der Waals surface area (Å²) in [6.45, 7) is 5.16. The minimum absolute atomic E-state index is 0.393. The van der Waals surface area contributed by atoms with Gasteiger partial charge in [0.2, 0.25) is 0 Å². The van der Waals surface area contributed by atoms with Crippen molar-refractivity contribution in [2.24, 2.45) is 0 Å². The van der Waals surface area contributed by atoms with Gasteiger partial charge in [0.1, 0.15) is 23.9 Å². The van der Waals surface area contributed by atoms with Crippen molar-refractivity contribution in [1.29, 1.82) is 5.26 Å². The third-order valence-electron chi connectivity index (χ3n) is 3.42. The van der Waals surface area contributed by atoms with Crippen molar-refractivity contribution in [3.05, 3.63) is 53.1 Å². The first-order chi connectivity index (χ1) is 11.2. The van der Waals surface area contributed by atoms with E-state index in [-0.39, 0.29) is 0 Å². The van der Waals surface area contributed by atoms with Crippen molar-refractivity contribution in [3.8, 4) is 23.3 Å². The molecule has 0 saturated carbocycles. The molecule has 0 aliphatic rings. The fraction of sp³-hybridized carbons (Fsp3) is 0.316. The highest BCUT2D eigenvalue weighted by atomic mass is 16.5. The molecule has 0 aliphatic carbocycles. The lowest BCUT2D eigenvalue weighted by Crippen LogP contribution is -2.02. The first kappa shape index (κ1) is 16.7. The number of benzene rings is 2. The summed E-state index contributed by atoms with van der Waals surface area (Å²) in [5.74, 6) is 2.30. The molecule has 0 bridgehead atoms. The van der Waals surface area contributed by atoms with Crippen molar-refractivity contribution in [2.75, 3.05) is 13.7 Å². The van der Waals surface area contributed by atoms with Gasteiger partial charge in [-0.25, -0.2) is 0 Å². The minimum Gasteiger partial charge on any atom is -0.496 e. The van der Waals surface area contributed by atoms with Gasteiger partial charge in [-0.15, -0.1) is 0 Å². The van der Waals surface area contributed by atoms with Crippen molar-refractivity contribution in [3.63, 3.8) is 0 Å². The zero-order valence-corrected chi connectivity index (χ0v) is 13.8. The summed E-state index contributed by atoms with van der Waals surface area (Å²) < 4.78 is 16.9. The molecule has 0 radical (unpaired) electrons. The molecular formula is C19H21NO3. The van der Waals surface area contributed by atoms with E-state index in [1.54, 1.807) is 31.4 Å². The van der Waals surface area contributed by atoms with Gasteiger partial charge in [-0.1, -0.05) is 6.92 Å². The van der Waals surface area contributed by atoms with E-state index in [1.807, 2.05) is 19.1 Å². The van der Waals surface area contributed by atoms with Crippen LogP contribution in [0.3, 0.4) is 0 Å². The molecule has 0 N–H and O–H groups in total. The quantitative estimate of drug-likeness (QED) is 0.767. The van der Waals surface area contributed by atoms with E-state index in [2.05, 4.69) is 13.0 Å². The molecule has 2 aromatic carbocycles. The Kier molecular flexibility index (Phi) is 5.87. The fourth-order valence-corrected chi connectivity index (χ4v) is 2.19. The minimum atomic E-state index is 0.393. The number of rotatable bonds is 7. The largest absolute Gasteiger partial charge is 0.496 e. The predicted octanol–water partition coefficient (Wildman–Crippen LogP) is 4.24. The van der Waals surface area contributed by atoms with Gasteiger partial charge in [-0.3, -0.25) is 0 Å². The topological polar surface area (TPSA) is 51.5 Å². The van der Waals surface area contributed by atoms with Crippen LogP contribution in [-0.4, -0.2) is 13.7 Å². The number of hydrogen-bond donors (Lipinski definition) is 0. The lowest BCUT2D eigenvalue weighted by atomic mass is 10.1. The van der Waals surface area contributed by atoms with Crippen LogP contribution < -0.4 is 14.2 Å². The van der Waals surface area contributed by atoms with Crippen LogP contribution in [0.4, 0.5) is 0 Å². The molecule has 0 spiro atoms. The van der Waals surface area contributed by atoms with Gasteiger partial charge < -0.3 is 14.2 Å². The highest BCUT2D eigenvalue weighted by molar-refractivity contribution is 5.46. The third-order valence-corrected chi connectivity index (χ3v) is 3.42. The number of hydrogen-bond acceptors (Lipinski definition) is 4. The van der Waals surface area contributed by atoms with E-state index in [4.69, 9.17) is 19.5 Å². The molecule has 2 aromatic rings. The Balaban J connectivity index is 2.12. The summed E-state index contributed by atoms with van der Waals surface area (Å²) in [5, 5.41) is 8.80. The van der Waals surface area contributed by atoms with Crippen molar-refractivity contribution in [2.45, 2.75) is 26.9 Å². The summed E-state index contributed by atoms with van der Waals surface area (Å²) >= 11 is 0. The number of nitriles is 1. The van der Waals surface area contributed by atoms with E-state index in [1.165, 1.54) is 0 Å². The van der Waals surface area contributed by atoms with Crippen LogP contribution in [-0.2, 0) is 6.61 Å². The Hall–Kier alpha value is -2.67. The van der Waals surface area contributed by atoms with E-state index in [9.17, 15) is 0 Å². The van der Waals surface area contributed by atoms with Crippen molar-refractivity contribution >= 4 is 0 Å². The molecule has 2 rings (SSSR count). The Bertz CT molecular complexity index is 687. The lowest BCUT2D eigenvalue weighted by molar-refractivity contribution is 0.292. The molecule has 0 aliphatic heterocycles. The number of methoxy groups -OCH3 is 1. The Morgan fingerprint density at radius 2 is 1.78 bits per heavy atom. The normalized spacial score (nSPS) is 10.0. The predicted molar refractivity (Wildman–Crippen MR) is 89.0 cm³/mol. The number of ether oxygens (including phenoxy) is 3. The Morgan fingerprint density at radius 3 is 2.39 bits per heavy atom. The van der Waals surface area contributed by atoms with Gasteiger partial charge in [-0.2, -0.15) is 5.26 Å². The fourth-order valence-electron chi connectivity index (χ4n) is 2.19. The Labute approximate surface area is 137 Å². The van der Waals surface area contributed by atoms with E-state index in [0.717, 1.165) is 34.8 Å². The van der Waals surface area contributed by atoms with E-state index >= 15 is 0 Å². The first-order valence-electron chi connectivity index (χ1n) is 7.61. The summed E-state index contributed by atoms with van der Waals surface area (Å²) in [7, 11) is 1.64. The van der Waals surface area contributed by atoms with E-state index in [0.29, 0.717) is 18.8 Å². The van der Waals surface area contributed by atoms with Gasteiger partial charge in [0.25, 0.3) is 0 Å². The summed E-state index contributed by atoms with van der Waals surface area (Å²) in [5.41, 5.74) is 2.62. The second-order valence-corrected chi connectivity index (χ2v) is 5.20. The average molecular weight is 311 g/mol.